The second-order valence-electron chi connectivity index (χ2n) is 9.60. The van der Waals surface area contributed by atoms with Gasteiger partial charge in [0.1, 0.15) is 11.6 Å². The molecule has 2 aromatic heterocycles. The number of hydrogen-bond acceptors (Lipinski definition) is 8. The highest BCUT2D eigenvalue weighted by atomic mass is 32.2. The van der Waals surface area contributed by atoms with Gasteiger partial charge in [0.2, 0.25) is 0 Å². The van der Waals surface area contributed by atoms with Gasteiger partial charge in [-0.15, -0.1) is 5.10 Å². The zero-order valence-corrected chi connectivity index (χ0v) is 23.4. The van der Waals surface area contributed by atoms with Crippen LogP contribution in [0.25, 0.3) is 16.9 Å². The maximum absolute atomic E-state index is 13.4. The third-order valence-electron chi connectivity index (χ3n) is 6.86. The molecule has 1 aliphatic rings. The SMILES string of the molecule is CCOC(=O)c1cccc(NS(=O)(=O)c2ccc(OCC)c(-c3nn4c(C5CCCC5)nc(C)c4c(=O)[nH]3)c2)c1. The number of rotatable bonds is 9. The molecule has 0 aliphatic heterocycles. The Morgan fingerprint density at radius 2 is 1.90 bits per heavy atom. The summed E-state index contributed by atoms with van der Waals surface area (Å²) in [6, 6.07) is 10.4. The van der Waals surface area contributed by atoms with Crippen LogP contribution in [0.15, 0.2) is 52.2 Å². The molecule has 0 unspecified atom stereocenters. The molecule has 40 heavy (non-hydrogen) atoms. The zero-order chi connectivity index (χ0) is 28.4. The van der Waals surface area contributed by atoms with Crippen molar-refractivity contribution in [1.29, 1.82) is 0 Å². The van der Waals surface area contributed by atoms with E-state index in [2.05, 4.69) is 14.7 Å². The van der Waals surface area contributed by atoms with Crippen molar-refractivity contribution in [2.75, 3.05) is 17.9 Å². The average Bonchev–Trinajstić information content (AvgIpc) is 3.57. The van der Waals surface area contributed by atoms with E-state index < -0.39 is 16.0 Å². The second-order valence-corrected chi connectivity index (χ2v) is 11.3. The van der Waals surface area contributed by atoms with Crippen LogP contribution in [0.4, 0.5) is 5.69 Å². The Labute approximate surface area is 231 Å². The number of aryl methyl sites for hydroxylation is 1. The van der Waals surface area contributed by atoms with Gasteiger partial charge in [0.25, 0.3) is 15.6 Å². The number of imidazole rings is 1. The van der Waals surface area contributed by atoms with Crippen LogP contribution in [0.5, 0.6) is 5.75 Å². The normalized spacial score (nSPS) is 14.0. The van der Waals surface area contributed by atoms with Crippen LogP contribution < -0.4 is 15.0 Å². The monoisotopic (exact) mass is 565 g/mol. The van der Waals surface area contributed by atoms with Gasteiger partial charge in [0, 0.05) is 11.6 Å². The molecule has 12 heteroatoms. The fourth-order valence-electron chi connectivity index (χ4n) is 5.04. The summed E-state index contributed by atoms with van der Waals surface area (Å²) in [6.45, 7) is 5.81. The quantitative estimate of drug-likeness (QED) is 0.284. The number of ether oxygens (including phenoxy) is 2. The smallest absolute Gasteiger partial charge is 0.338 e. The Morgan fingerprint density at radius 1 is 1.12 bits per heavy atom. The third-order valence-corrected chi connectivity index (χ3v) is 8.24. The van der Waals surface area contributed by atoms with Gasteiger partial charge in [-0.05, 0) is 70.0 Å². The van der Waals surface area contributed by atoms with Crippen molar-refractivity contribution in [3.8, 4) is 17.1 Å². The molecule has 1 fully saturated rings. The van der Waals surface area contributed by atoms with E-state index in [0.29, 0.717) is 29.1 Å². The number of anilines is 1. The van der Waals surface area contributed by atoms with Crippen LogP contribution in [0.2, 0.25) is 0 Å². The first kappa shape index (κ1) is 27.4. The Bertz CT molecular complexity index is 1740. The standard InChI is InChI=1S/C28H31N5O6S/c1-4-38-23-14-13-21(40(36,37)32-20-12-8-11-19(15-20)28(35)39-5-2)16-22(23)25-30-27(34)24-17(3)29-26(33(24)31-25)18-9-6-7-10-18/h8,11-16,18,32H,4-7,9-10H2,1-3H3,(H,30,31,34). The molecule has 0 amide bonds. The molecule has 0 bridgehead atoms. The lowest BCUT2D eigenvalue weighted by molar-refractivity contribution is 0.0526. The van der Waals surface area contributed by atoms with Crippen LogP contribution in [-0.2, 0) is 14.8 Å². The first-order chi connectivity index (χ1) is 19.2. The van der Waals surface area contributed by atoms with E-state index in [9.17, 15) is 18.0 Å². The number of H-pyrrole nitrogens is 1. The van der Waals surface area contributed by atoms with Crippen molar-refractivity contribution in [1.82, 2.24) is 19.6 Å². The maximum atomic E-state index is 13.4. The summed E-state index contributed by atoms with van der Waals surface area (Å²) in [5.41, 5.74) is 1.33. The molecule has 5 rings (SSSR count). The van der Waals surface area contributed by atoms with Gasteiger partial charge in [0.05, 0.1) is 34.9 Å². The number of aromatic nitrogens is 4. The first-order valence-corrected chi connectivity index (χ1v) is 14.8. The van der Waals surface area contributed by atoms with E-state index >= 15 is 0 Å². The molecule has 11 nitrogen and oxygen atoms in total. The van der Waals surface area contributed by atoms with Crippen LogP contribution >= 0.6 is 0 Å². The number of aromatic amines is 1. The fourth-order valence-corrected chi connectivity index (χ4v) is 6.12. The first-order valence-electron chi connectivity index (χ1n) is 13.3. The number of carbonyl (C=O) groups excluding carboxylic acids is 1. The summed E-state index contributed by atoms with van der Waals surface area (Å²) in [7, 11) is -4.10. The number of esters is 1. The lowest BCUT2D eigenvalue weighted by atomic mass is 10.1. The average molecular weight is 566 g/mol. The van der Waals surface area contributed by atoms with E-state index in [-0.39, 0.29) is 40.1 Å². The minimum atomic E-state index is -4.10. The Kier molecular flexibility index (Phi) is 7.61. The van der Waals surface area contributed by atoms with Crippen molar-refractivity contribution in [3.63, 3.8) is 0 Å². The minimum Gasteiger partial charge on any atom is -0.493 e. The highest BCUT2D eigenvalue weighted by Gasteiger charge is 2.26. The molecular formula is C28H31N5O6S. The summed E-state index contributed by atoms with van der Waals surface area (Å²) < 4.78 is 41.7. The molecule has 4 aromatic rings. The molecule has 2 heterocycles. The van der Waals surface area contributed by atoms with Gasteiger partial charge < -0.3 is 14.5 Å². The van der Waals surface area contributed by atoms with Crippen molar-refractivity contribution < 1.29 is 22.7 Å². The summed E-state index contributed by atoms with van der Waals surface area (Å²) in [5, 5.41) is 4.72. The summed E-state index contributed by atoms with van der Waals surface area (Å²) in [6.07, 6.45) is 4.14. The number of hydrogen-bond donors (Lipinski definition) is 2. The van der Waals surface area contributed by atoms with E-state index in [1.807, 2.05) is 6.92 Å². The Hall–Kier alpha value is -4.19. The van der Waals surface area contributed by atoms with Gasteiger partial charge in [-0.2, -0.15) is 0 Å². The predicted octanol–water partition coefficient (Wildman–Crippen LogP) is 4.43. The highest BCUT2D eigenvalue weighted by molar-refractivity contribution is 7.92. The van der Waals surface area contributed by atoms with Crippen LogP contribution in [-0.4, -0.2) is 47.2 Å². The van der Waals surface area contributed by atoms with Gasteiger partial charge in [-0.3, -0.25) is 9.52 Å². The molecule has 2 N–H and O–H groups in total. The highest BCUT2D eigenvalue weighted by Crippen LogP contribution is 2.35. The molecular weight excluding hydrogens is 534 g/mol. The molecule has 1 saturated carbocycles. The topological polar surface area (TPSA) is 145 Å². The van der Waals surface area contributed by atoms with Crippen LogP contribution in [0.1, 0.15) is 67.3 Å². The Morgan fingerprint density at radius 3 is 2.62 bits per heavy atom. The summed E-state index contributed by atoms with van der Waals surface area (Å²) in [5.74, 6) is 0.925. The predicted molar refractivity (Wildman–Crippen MR) is 149 cm³/mol. The van der Waals surface area contributed by atoms with Gasteiger partial charge >= 0.3 is 5.97 Å². The van der Waals surface area contributed by atoms with Crippen molar-refractivity contribution in [3.05, 3.63) is 69.9 Å². The third kappa shape index (κ3) is 5.31. The van der Waals surface area contributed by atoms with E-state index in [1.54, 1.807) is 30.5 Å². The second kappa shape index (κ2) is 11.1. The number of nitrogens with one attached hydrogen (secondary N) is 2. The maximum Gasteiger partial charge on any atom is 0.338 e. The van der Waals surface area contributed by atoms with E-state index in [1.165, 1.54) is 30.3 Å². The Balaban J connectivity index is 1.57. The van der Waals surface area contributed by atoms with E-state index in [0.717, 1.165) is 31.5 Å². The molecule has 210 valence electrons. The minimum absolute atomic E-state index is 0.0759. The van der Waals surface area contributed by atoms with Crippen molar-refractivity contribution >= 4 is 27.2 Å². The van der Waals surface area contributed by atoms with E-state index in [4.69, 9.17) is 14.6 Å². The largest absolute Gasteiger partial charge is 0.493 e. The summed E-state index contributed by atoms with van der Waals surface area (Å²) >= 11 is 0. The number of carbonyl (C=O) groups is 1. The number of benzene rings is 2. The number of sulfonamides is 1. The molecule has 0 atom stereocenters. The summed E-state index contributed by atoms with van der Waals surface area (Å²) in [4.78, 5) is 32.7. The molecule has 1 aliphatic carbocycles. The molecule has 2 aromatic carbocycles. The zero-order valence-electron chi connectivity index (χ0n) is 22.6. The van der Waals surface area contributed by atoms with Crippen LogP contribution in [0, 0.1) is 6.92 Å². The lowest BCUT2D eigenvalue weighted by Gasteiger charge is -2.14. The molecule has 0 spiro atoms. The molecule has 0 radical (unpaired) electrons. The lowest BCUT2D eigenvalue weighted by Crippen LogP contribution is -2.17. The van der Waals surface area contributed by atoms with Gasteiger partial charge in [-0.1, -0.05) is 18.9 Å². The number of nitrogens with zero attached hydrogens (tertiary/aromatic N) is 3. The van der Waals surface area contributed by atoms with Gasteiger partial charge in [0.15, 0.2) is 11.3 Å². The molecule has 0 saturated heterocycles. The van der Waals surface area contributed by atoms with Crippen LogP contribution in [0.3, 0.4) is 0 Å². The van der Waals surface area contributed by atoms with Gasteiger partial charge in [-0.25, -0.2) is 22.7 Å². The van der Waals surface area contributed by atoms with Crippen molar-refractivity contribution in [2.45, 2.75) is 57.3 Å². The fraction of sp³-hybridized carbons (Fsp3) is 0.357. The number of fused-ring (bicyclic) bond motifs is 1. The van der Waals surface area contributed by atoms with Crippen molar-refractivity contribution in [2.24, 2.45) is 0 Å².